The van der Waals surface area contributed by atoms with Gasteiger partial charge in [-0.15, -0.1) is 0 Å². The summed E-state index contributed by atoms with van der Waals surface area (Å²) in [5.41, 5.74) is 0. The Balaban J connectivity index is 4.04. The lowest BCUT2D eigenvalue weighted by Gasteiger charge is -2.18. The van der Waals surface area contributed by atoms with Crippen LogP contribution in [0.4, 0.5) is 0 Å². The van der Waals surface area contributed by atoms with Gasteiger partial charge in [0.15, 0.2) is 6.10 Å². The minimum Gasteiger partial charge on any atom is -0.462 e. The molecule has 0 bridgehead atoms. The van der Waals surface area contributed by atoms with Gasteiger partial charge in [-0.05, 0) is 83.5 Å². The maximum absolute atomic E-state index is 12.8. The van der Waals surface area contributed by atoms with Crippen LogP contribution in [-0.2, 0) is 28.6 Å². The summed E-state index contributed by atoms with van der Waals surface area (Å²) in [6, 6.07) is 0. The highest BCUT2D eigenvalue weighted by Gasteiger charge is 2.19. The first-order valence-electron chi connectivity index (χ1n) is 33.2. The maximum atomic E-state index is 12.8. The van der Waals surface area contributed by atoms with E-state index in [0.717, 1.165) is 122 Å². The number of hydrogen-bond donors (Lipinski definition) is 0. The first-order valence-corrected chi connectivity index (χ1v) is 33.2. The lowest BCUT2D eigenvalue weighted by atomic mass is 10.0. The normalized spacial score (nSPS) is 12.7. The van der Waals surface area contributed by atoms with Crippen LogP contribution >= 0.6 is 0 Å². The number of ether oxygens (including phenoxy) is 3. The summed E-state index contributed by atoms with van der Waals surface area (Å²) in [7, 11) is 0. The van der Waals surface area contributed by atoms with Crippen molar-refractivity contribution in [1.29, 1.82) is 0 Å². The van der Waals surface area contributed by atoms with Gasteiger partial charge in [0, 0.05) is 19.3 Å². The van der Waals surface area contributed by atoms with E-state index >= 15 is 0 Å². The number of hydrogen-bond acceptors (Lipinski definition) is 6. The van der Waals surface area contributed by atoms with E-state index in [1.807, 2.05) is 0 Å². The third kappa shape index (κ3) is 63.2. The van der Waals surface area contributed by atoms with Crippen LogP contribution in [0.1, 0.15) is 323 Å². The topological polar surface area (TPSA) is 78.9 Å². The second kappa shape index (κ2) is 65.8. The van der Waals surface area contributed by atoms with E-state index in [2.05, 4.69) is 118 Å². The van der Waals surface area contributed by atoms with Crippen LogP contribution in [0.3, 0.4) is 0 Å². The van der Waals surface area contributed by atoms with Gasteiger partial charge in [0.05, 0.1) is 0 Å². The molecule has 0 N–H and O–H groups in total. The molecule has 1 unspecified atom stereocenters. The smallest absolute Gasteiger partial charge is 0.306 e. The molecule has 0 amide bonds. The standard InChI is InChI=1S/C72H124O6/c1-4-7-10-13-15-17-19-21-23-25-27-29-31-32-33-34-35-36-37-38-39-40-41-43-44-46-48-50-52-54-56-59-62-65-71(74)77-68-69(67-76-70(73)64-61-58-12-9-6-3)78-72(75)66-63-60-57-55-53-51-49-47-45-42-30-28-26-24-22-20-18-16-14-11-8-5-2/h7,10,15,17,21,23,27,29,32-33,35-36,38-39,41,43,69H,4-6,8-9,11-14,16,18-20,22,24-26,28,30-31,34,37,40,42,44-68H2,1-3H3/b10-7-,17-15-,23-21-,29-27-,33-32-,36-35-,39-38-,43-41-. The molecule has 0 aromatic heterocycles. The minimum absolute atomic E-state index is 0.0773. The highest BCUT2D eigenvalue weighted by molar-refractivity contribution is 5.71. The largest absolute Gasteiger partial charge is 0.462 e. The molecule has 0 radical (unpaired) electrons. The summed E-state index contributed by atoms with van der Waals surface area (Å²) < 4.78 is 16.8. The Morgan fingerprint density at radius 1 is 0.269 bits per heavy atom. The van der Waals surface area contributed by atoms with Gasteiger partial charge in [-0.3, -0.25) is 14.4 Å². The quantitative estimate of drug-likeness (QED) is 0.0261. The van der Waals surface area contributed by atoms with Crippen LogP contribution in [-0.4, -0.2) is 37.2 Å². The summed E-state index contributed by atoms with van der Waals surface area (Å²) >= 11 is 0. The van der Waals surface area contributed by atoms with Crippen molar-refractivity contribution in [3.63, 3.8) is 0 Å². The molecule has 0 aliphatic rings. The summed E-state index contributed by atoms with van der Waals surface area (Å²) in [4.78, 5) is 38.0. The molecule has 0 spiro atoms. The van der Waals surface area contributed by atoms with Crippen LogP contribution in [0.25, 0.3) is 0 Å². The molecule has 6 nitrogen and oxygen atoms in total. The Bertz CT molecular complexity index is 1530. The first-order chi connectivity index (χ1) is 38.5. The Hall–Kier alpha value is -3.67. The molecule has 0 aliphatic carbocycles. The zero-order valence-electron chi connectivity index (χ0n) is 51.4. The average Bonchev–Trinajstić information content (AvgIpc) is 3.44. The Labute approximate surface area is 483 Å². The molecule has 6 heteroatoms. The number of rotatable bonds is 60. The van der Waals surface area contributed by atoms with Gasteiger partial charge in [0.2, 0.25) is 0 Å². The van der Waals surface area contributed by atoms with Crippen molar-refractivity contribution in [3.05, 3.63) is 97.2 Å². The van der Waals surface area contributed by atoms with Gasteiger partial charge in [0.1, 0.15) is 13.2 Å². The lowest BCUT2D eigenvalue weighted by molar-refractivity contribution is -0.167. The molecule has 0 saturated heterocycles. The Morgan fingerprint density at radius 3 is 0.782 bits per heavy atom. The summed E-state index contributed by atoms with van der Waals surface area (Å²) in [5.74, 6) is -0.887. The van der Waals surface area contributed by atoms with Crippen molar-refractivity contribution in [1.82, 2.24) is 0 Å². The molecular weight excluding hydrogens is 961 g/mol. The van der Waals surface area contributed by atoms with Crippen LogP contribution in [0.5, 0.6) is 0 Å². The van der Waals surface area contributed by atoms with Gasteiger partial charge >= 0.3 is 17.9 Å². The molecule has 0 saturated carbocycles. The van der Waals surface area contributed by atoms with Gasteiger partial charge in [-0.1, -0.05) is 317 Å². The molecule has 0 aliphatic heterocycles. The van der Waals surface area contributed by atoms with Gasteiger partial charge in [0.25, 0.3) is 0 Å². The number of carbonyl (C=O) groups excluding carboxylic acids is 3. The van der Waals surface area contributed by atoms with Crippen LogP contribution in [0.2, 0.25) is 0 Å². The zero-order chi connectivity index (χ0) is 56.4. The molecule has 0 aromatic rings. The molecule has 78 heavy (non-hydrogen) atoms. The Kier molecular flexibility index (Phi) is 62.7. The number of allylic oxidation sites excluding steroid dienone is 16. The fourth-order valence-corrected chi connectivity index (χ4v) is 9.40. The van der Waals surface area contributed by atoms with E-state index in [4.69, 9.17) is 14.2 Å². The predicted molar refractivity (Wildman–Crippen MR) is 339 cm³/mol. The van der Waals surface area contributed by atoms with Crippen molar-refractivity contribution >= 4 is 17.9 Å². The second-order valence-corrected chi connectivity index (χ2v) is 22.0. The molecule has 1 atom stereocenters. The fourth-order valence-electron chi connectivity index (χ4n) is 9.40. The van der Waals surface area contributed by atoms with Gasteiger partial charge < -0.3 is 14.2 Å². The third-order valence-electron chi connectivity index (χ3n) is 14.4. The van der Waals surface area contributed by atoms with Crippen LogP contribution in [0.15, 0.2) is 97.2 Å². The molecule has 0 rings (SSSR count). The maximum Gasteiger partial charge on any atom is 0.306 e. The highest BCUT2D eigenvalue weighted by Crippen LogP contribution is 2.17. The number of carbonyl (C=O) groups is 3. The van der Waals surface area contributed by atoms with E-state index in [9.17, 15) is 14.4 Å². The zero-order valence-corrected chi connectivity index (χ0v) is 51.4. The Morgan fingerprint density at radius 2 is 0.500 bits per heavy atom. The lowest BCUT2D eigenvalue weighted by Crippen LogP contribution is -2.30. The predicted octanol–water partition coefficient (Wildman–Crippen LogP) is 22.8. The van der Waals surface area contributed by atoms with Crippen molar-refractivity contribution in [2.24, 2.45) is 0 Å². The van der Waals surface area contributed by atoms with Gasteiger partial charge in [-0.2, -0.15) is 0 Å². The summed E-state index contributed by atoms with van der Waals surface area (Å²) in [6.07, 6.45) is 89.0. The molecule has 0 heterocycles. The van der Waals surface area contributed by atoms with E-state index < -0.39 is 6.10 Å². The molecule has 448 valence electrons. The van der Waals surface area contributed by atoms with Crippen LogP contribution < -0.4 is 0 Å². The minimum atomic E-state index is -0.776. The SMILES string of the molecule is CC/C=C\C/C=C\C/C=C\C/C=C\C/C=C\C/C=C\C/C=C\C/C=C\CCCCCCCCCCC(=O)OCC(COC(=O)CCCCCCC)OC(=O)CCCCCCCCCCCCCCCCCCCCCCCC. The van der Waals surface area contributed by atoms with Crippen LogP contribution in [0, 0.1) is 0 Å². The first kappa shape index (κ1) is 74.3. The molecule has 0 aromatic carbocycles. The summed E-state index contributed by atoms with van der Waals surface area (Å²) in [5, 5.41) is 0. The highest BCUT2D eigenvalue weighted by atomic mass is 16.6. The fraction of sp³-hybridized carbons (Fsp3) is 0.736. The number of esters is 3. The monoisotopic (exact) mass is 1080 g/mol. The van der Waals surface area contributed by atoms with E-state index in [1.165, 1.54) is 161 Å². The van der Waals surface area contributed by atoms with E-state index in [1.54, 1.807) is 0 Å². The van der Waals surface area contributed by atoms with Crippen molar-refractivity contribution in [3.8, 4) is 0 Å². The van der Waals surface area contributed by atoms with Crippen molar-refractivity contribution in [2.45, 2.75) is 329 Å². The summed E-state index contributed by atoms with van der Waals surface area (Å²) in [6.45, 7) is 6.47. The number of unbranched alkanes of at least 4 members (excludes halogenated alkanes) is 33. The van der Waals surface area contributed by atoms with E-state index in [-0.39, 0.29) is 31.1 Å². The average molecular weight is 1090 g/mol. The third-order valence-corrected chi connectivity index (χ3v) is 14.4. The van der Waals surface area contributed by atoms with E-state index in [0.29, 0.717) is 19.3 Å². The van der Waals surface area contributed by atoms with Crippen molar-refractivity contribution in [2.75, 3.05) is 13.2 Å². The van der Waals surface area contributed by atoms with Gasteiger partial charge in [-0.25, -0.2) is 0 Å². The van der Waals surface area contributed by atoms with Crippen molar-refractivity contribution < 1.29 is 28.6 Å². The second-order valence-electron chi connectivity index (χ2n) is 22.0. The molecule has 0 fully saturated rings. The molecular formula is C72H124O6.